The molecule has 1 aromatic carbocycles. The summed E-state index contributed by atoms with van der Waals surface area (Å²) in [6, 6.07) is 5.56. The van der Waals surface area contributed by atoms with Gasteiger partial charge in [0.2, 0.25) is 11.8 Å². The maximum atomic E-state index is 8.81. The quantitative estimate of drug-likeness (QED) is 0.668. The Morgan fingerprint density at radius 1 is 1.00 bits per heavy atom. The van der Waals surface area contributed by atoms with Gasteiger partial charge >= 0.3 is 0 Å². The summed E-state index contributed by atoms with van der Waals surface area (Å²) in [5.41, 5.74) is 11.9. The SMILES string of the molecule is COc1nc(OC)c(N)cc1N.Oc1ccc(Cl)c(O)c1. The maximum Gasteiger partial charge on any atom is 0.240 e. The first-order chi connectivity index (χ1) is 9.88. The first-order valence-corrected chi connectivity index (χ1v) is 6.08. The largest absolute Gasteiger partial charge is 0.508 e. The van der Waals surface area contributed by atoms with E-state index in [9.17, 15) is 0 Å². The number of hydrogen-bond acceptors (Lipinski definition) is 7. The smallest absolute Gasteiger partial charge is 0.240 e. The van der Waals surface area contributed by atoms with Gasteiger partial charge in [0.15, 0.2) is 0 Å². The minimum atomic E-state index is -0.100. The van der Waals surface area contributed by atoms with Crippen molar-refractivity contribution in [3.05, 3.63) is 29.3 Å². The van der Waals surface area contributed by atoms with Crippen LogP contribution in [-0.2, 0) is 0 Å². The second kappa shape index (κ2) is 7.30. The van der Waals surface area contributed by atoms with E-state index >= 15 is 0 Å². The predicted octanol–water partition coefficient (Wildman–Crippen LogP) is 2.01. The van der Waals surface area contributed by atoms with Gasteiger partial charge in [0, 0.05) is 6.07 Å². The highest BCUT2D eigenvalue weighted by molar-refractivity contribution is 6.32. The van der Waals surface area contributed by atoms with Crippen molar-refractivity contribution in [3.8, 4) is 23.3 Å². The average molecular weight is 314 g/mol. The lowest BCUT2D eigenvalue weighted by atomic mass is 10.3. The van der Waals surface area contributed by atoms with Crippen LogP contribution < -0.4 is 20.9 Å². The predicted molar refractivity (Wildman–Crippen MR) is 80.9 cm³/mol. The van der Waals surface area contributed by atoms with Gasteiger partial charge in [0.1, 0.15) is 11.5 Å². The molecule has 0 amide bonds. The summed E-state index contributed by atoms with van der Waals surface area (Å²) in [6.07, 6.45) is 0. The number of pyridine rings is 1. The summed E-state index contributed by atoms with van der Waals surface area (Å²) in [5.74, 6) is 0.552. The molecular weight excluding hydrogens is 298 g/mol. The third kappa shape index (κ3) is 4.50. The van der Waals surface area contributed by atoms with Gasteiger partial charge in [0.05, 0.1) is 30.6 Å². The summed E-state index contributed by atoms with van der Waals surface area (Å²) in [5, 5.41) is 17.8. The van der Waals surface area contributed by atoms with Gasteiger partial charge in [-0.1, -0.05) is 11.6 Å². The van der Waals surface area contributed by atoms with E-state index in [1.807, 2.05) is 0 Å². The number of nitrogens with two attached hydrogens (primary N) is 2. The summed E-state index contributed by atoms with van der Waals surface area (Å²) in [6.45, 7) is 0. The highest BCUT2D eigenvalue weighted by Gasteiger charge is 2.07. The molecule has 1 heterocycles. The van der Waals surface area contributed by atoms with Crippen molar-refractivity contribution < 1.29 is 19.7 Å². The summed E-state index contributed by atoms with van der Waals surface area (Å²) in [7, 11) is 2.96. The molecule has 8 heteroatoms. The summed E-state index contributed by atoms with van der Waals surface area (Å²) < 4.78 is 9.74. The lowest BCUT2D eigenvalue weighted by Gasteiger charge is -2.07. The average Bonchev–Trinajstić information content (AvgIpc) is 2.44. The molecule has 0 saturated heterocycles. The molecule has 1 aromatic heterocycles. The van der Waals surface area contributed by atoms with Crippen LogP contribution in [0.5, 0.6) is 23.3 Å². The van der Waals surface area contributed by atoms with E-state index < -0.39 is 0 Å². The zero-order valence-electron chi connectivity index (χ0n) is 11.5. The highest BCUT2D eigenvalue weighted by atomic mass is 35.5. The Balaban J connectivity index is 0.000000219. The van der Waals surface area contributed by atoms with E-state index in [-0.39, 0.29) is 16.5 Å². The minimum absolute atomic E-state index is 0.0110. The molecule has 0 bridgehead atoms. The number of hydrogen-bond donors (Lipinski definition) is 4. The molecule has 0 radical (unpaired) electrons. The second-order valence-corrected chi connectivity index (χ2v) is 4.23. The Kier molecular flexibility index (Phi) is 5.74. The van der Waals surface area contributed by atoms with E-state index in [0.29, 0.717) is 23.1 Å². The fourth-order valence-electron chi connectivity index (χ4n) is 1.34. The Labute approximate surface area is 126 Å². The molecule has 0 unspecified atom stereocenters. The van der Waals surface area contributed by atoms with E-state index in [1.165, 1.54) is 32.4 Å². The number of anilines is 2. The van der Waals surface area contributed by atoms with Crippen LogP contribution in [0.1, 0.15) is 0 Å². The van der Waals surface area contributed by atoms with Crippen molar-refractivity contribution in [2.75, 3.05) is 25.7 Å². The van der Waals surface area contributed by atoms with Gasteiger partial charge in [-0.15, -0.1) is 0 Å². The van der Waals surface area contributed by atoms with Gasteiger partial charge in [-0.3, -0.25) is 0 Å². The molecule has 7 nitrogen and oxygen atoms in total. The molecule has 0 saturated carbocycles. The monoisotopic (exact) mass is 313 g/mol. The molecule has 114 valence electrons. The second-order valence-electron chi connectivity index (χ2n) is 3.82. The van der Waals surface area contributed by atoms with Crippen molar-refractivity contribution >= 4 is 23.0 Å². The normalized spacial score (nSPS) is 9.48. The first kappa shape index (κ1) is 16.5. The van der Waals surface area contributed by atoms with Gasteiger partial charge in [-0.05, 0) is 18.2 Å². The fraction of sp³-hybridized carbons (Fsp3) is 0.154. The molecule has 0 atom stereocenters. The van der Waals surface area contributed by atoms with Gasteiger partial charge in [-0.25, -0.2) is 0 Å². The standard InChI is InChI=1S/C7H11N3O2.C6H5ClO2/c1-11-6-4(8)3-5(9)7(10-6)12-2;7-5-2-1-4(8)3-6(5)9/h3H,8-9H2,1-2H3;1-3,8-9H. The Bertz CT molecular complexity index is 597. The zero-order valence-corrected chi connectivity index (χ0v) is 12.3. The van der Waals surface area contributed by atoms with E-state index in [2.05, 4.69) is 4.98 Å². The minimum Gasteiger partial charge on any atom is -0.508 e. The summed E-state index contributed by atoms with van der Waals surface area (Å²) >= 11 is 5.42. The van der Waals surface area contributed by atoms with Crippen molar-refractivity contribution in [1.82, 2.24) is 4.98 Å². The first-order valence-electron chi connectivity index (χ1n) is 5.70. The number of halogens is 1. The van der Waals surface area contributed by atoms with Crippen LogP contribution in [0, 0.1) is 0 Å². The van der Waals surface area contributed by atoms with Crippen LogP contribution in [-0.4, -0.2) is 29.4 Å². The third-order valence-electron chi connectivity index (χ3n) is 2.32. The Morgan fingerprint density at radius 3 is 1.90 bits per heavy atom. The van der Waals surface area contributed by atoms with Gasteiger partial charge < -0.3 is 31.2 Å². The number of methoxy groups -OCH3 is 2. The number of aromatic nitrogens is 1. The lowest BCUT2D eigenvalue weighted by Crippen LogP contribution is -2.01. The zero-order chi connectivity index (χ0) is 16.0. The van der Waals surface area contributed by atoms with Crippen LogP contribution in [0.15, 0.2) is 24.3 Å². The third-order valence-corrected chi connectivity index (χ3v) is 2.64. The molecule has 0 aliphatic rings. The number of aromatic hydroxyl groups is 2. The van der Waals surface area contributed by atoms with Crippen molar-refractivity contribution in [2.24, 2.45) is 0 Å². The van der Waals surface area contributed by atoms with Gasteiger partial charge in [-0.2, -0.15) is 4.98 Å². The summed E-state index contributed by atoms with van der Waals surface area (Å²) in [4.78, 5) is 3.91. The fourth-order valence-corrected chi connectivity index (χ4v) is 1.46. The van der Waals surface area contributed by atoms with E-state index in [0.717, 1.165) is 0 Å². The molecule has 0 aliphatic carbocycles. The number of phenolic OH excluding ortho intramolecular Hbond substituents is 2. The molecule has 0 fully saturated rings. The molecule has 0 spiro atoms. The van der Waals surface area contributed by atoms with Gasteiger partial charge in [0.25, 0.3) is 0 Å². The van der Waals surface area contributed by atoms with E-state index in [4.69, 9.17) is 42.8 Å². The number of benzene rings is 1. The lowest BCUT2D eigenvalue weighted by molar-refractivity contribution is 0.368. The van der Waals surface area contributed by atoms with Crippen LogP contribution in [0.4, 0.5) is 11.4 Å². The molecule has 0 aliphatic heterocycles. The van der Waals surface area contributed by atoms with E-state index in [1.54, 1.807) is 6.07 Å². The van der Waals surface area contributed by atoms with Crippen LogP contribution >= 0.6 is 11.6 Å². The molecular formula is C13H16ClN3O4. The Hall–Kier alpha value is -2.54. The number of ether oxygens (including phenoxy) is 2. The van der Waals surface area contributed by atoms with Crippen LogP contribution in [0.2, 0.25) is 5.02 Å². The number of rotatable bonds is 2. The van der Waals surface area contributed by atoms with Crippen LogP contribution in [0.3, 0.4) is 0 Å². The number of nitrogen functional groups attached to an aromatic ring is 2. The molecule has 2 aromatic rings. The molecule has 2 rings (SSSR count). The highest BCUT2D eigenvalue weighted by Crippen LogP contribution is 2.28. The van der Waals surface area contributed by atoms with Crippen molar-refractivity contribution in [3.63, 3.8) is 0 Å². The number of nitrogens with zero attached hydrogens (tertiary/aromatic N) is 1. The topological polar surface area (TPSA) is 124 Å². The van der Waals surface area contributed by atoms with Crippen molar-refractivity contribution in [2.45, 2.75) is 0 Å². The van der Waals surface area contributed by atoms with Crippen molar-refractivity contribution in [1.29, 1.82) is 0 Å². The Morgan fingerprint density at radius 2 is 1.52 bits per heavy atom. The van der Waals surface area contributed by atoms with Crippen LogP contribution in [0.25, 0.3) is 0 Å². The maximum absolute atomic E-state index is 8.81. The molecule has 21 heavy (non-hydrogen) atoms. The number of phenols is 2. The molecule has 6 N–H and O–H groups in total.